The van der Waals surface area contributed by atoms with Gasteiger partial charge in [-0.25, -0.2) is 5.43 Å². The smallest absolute Gasteiger partial charge is 0.329 e. The quantitative estimate of drug-likeness (QED) is 0.154. The van der Waals surface area contributed by atoms with Crippen molar-refractivity contribution in [2.45, 2.75) is 26.4 Å². The summed E-state index contributed by atoms with van der Waals surface area (Å²) in [6.07, 6.45) is 3.43. The zero-order chi connectivity index (χ0) is 25.0. The van der Waals surface area contributed by atoms with E-state index in [-0.39, 0.29) is 6.61 Å². The first kappa shape index (κ1) is 26.1. The molecule has 0 aliphatic carbocycles. The van der Waals surface area contributed by atoms with Gasteiger partial charge in [0, 0.05) is 21.3 Å². The van der Waals surface area contributed by atoms with Crippen molar-refractivity contribution in [1.29, 1.82) is 0 Å². The van der Waals surface area contributed by atoms with Crippen molar-refractivity contribution in [2.75, 3.05) is 11.9 Å². The monoisotopic (exact) mass is 513 g/mol. The molecule has 0 aromatic heterocycles. The summed E-state index contributed by atoms with van der Waals surface area (Å²) >= 11 is 12.1. The van der Waals surface area contributed by atoms with Crippen LogP contribution in [0.15, 0.2) is 71.8 Å². The summed E-state index contributed by atoms with van der Waals surface area (Å²) in [5, 5.41) is 7.44. The standard InChI is InChI=1S/C26H25Cl2N3O4/c1-2-3-13-34-22-11-9-21(10-12-22)30-25(32)26(33)31-29-16-18-5-4-6-23(14-18)35-17-19-7-8-20(27)15-24(19)28/h4-12,14-16H,2-3,13,17H2,1H3,(H,30,32)(H,31,33)/b29-16-. The topological polar surface area (TPSA) is 89.0 Å². The first-order chi connectivity index (χ1) is 16.9. The molecular weight excluding hydrogens is 489 g/mol. The van der Waals surface area contributed by atoms with Gasteiger partial charge in [0.2, 0.25) is 0 Å². The third-order valence-electron chi connectivity index (χ3n) is 4.73. The average Bonchev–Trinajstić information content (AvgIpc) is 2.85. The highest BCUT2D eigenvalue weighted by molar-refractivity contribution is 6.39. The van der Waals surface area contributed by atoms with E-state index in [4.69, 9.17) is 32.7 Å². The highest BCUT2D eigenvalue weighted by atomic mass is 35.5. The number of benzene rings is 3. The molecule has 7 nitrogen and oxygen atoms in total. The fourth-order valence-electron chi connectivity index (χ4n) is 2.86. The number of hydrogen-bond acceptors (Lipinski definition) is 5. The first-order valence-corrected chi connectivity index (χ1v) is 11.7. The number of carbonyl (C=O) groups is 2. The second-order valence-electron chi connectivity index (χ2n) is 7.48. The van der Waals surface area contributed by atoms with Crippen molar-refractivity contribution < 1.29 is 19.1 Å². The Balaban J connectivity index is 1.47. The van der Waals surface area contributed by atoms with Crippen LogP contribution in [0.2, 0.25) is 10.0 Å². The van der Waals surface area contributed by atoms with Gasteiger partial charge in [0.25, 0.3) is 0 Å². The molecule has 3 rings (SSSR count). The molecule has 9 heteroatoms. The molecule has 0 bridgehead atoms. The second kappa shape index (κ2) is 13.4. The van der Waals surface area contributed by atoms with Gasteiger partial charge in [0.1, 0.15) is 18.1 Å². The second-order valence-corrected chi connectivity index (χ2v) is 8.32. The highest BCUT2D eigenvalue weighted by Gasteiger charge is 2.13. The van der Waals surface area contributed by atoms with Gasteiger partial charge < -0.3 is 14.8 Å². The summed E-state index contributed by atoms with van der Waals surface area (Å²) in [4.78, 5) is 24.2. The van der Waals surface area contributed by atoms with Crippen molar-refractivity contribution in [2.24, 2.45) is 5.10 Å². The van der Waals surface area contributed by atoms with Gasteiger partial charge in [-0.2, -0.15) is 5.10 Å². The summed E-state index contributed by atoms with van der Waals surface area (Å²) in [5.74, 6) is -0.438. The molecule has 182 valence electrons. The molecule has 0 heterocycles. The van der Waals surface area contributed by atoms with E-state index in [9.17, 15) is 9.59 Å². The molecule has 3 aromatic rings. The lowest BCUT2D eigenvalue weighted by Gasteiger charge is -2.08. The van der Waals surface area contributed by atoms with Crippen LogP contribution in [0.1, 0.15) is 30.9 Å². The highest BCUT2D eigenvalue weighted by Crippen LogP contribution is 2.23. The van der Waals surface area contributed by atoms with Gasteiger partial charge in [-0.05, 0) is 60.5 Å². The van der Waals surface area contributed by atoms with Crippen LogP contribution < -0.4 is 20.2 Å². The molecular formula is C26H25Cl2N3O4. The number of halogens is 2. The molecule has 0 aliphatic rings. The lowest BCUT2D eigenvalue weighted by atomic mass is 10.2. The van der Waals surface area contributed by atoms with Crippen LogP contribution in [0, 0.1) is 0 Å². The van der Waals surface area contributed by atoms with Gasteiger partial charge in [0.15, 0.2) is 0 Å². The Kier molecular flexibility index (Phi) is 9.95. The van der Waals surface area contributed by atoms with E-state index < -0.39 is 11.8 Å². The number of nitrogens with one attached hydrogen (secondary N) is 2. The number of hydrogen-bond donors (Lipinski definition) is 2. The molecule has 0 saturated carbocycles. The number of amides is 2. The average molecular weight is 514 g/mol. The Morgan fingerprint density at radius 3 is 2.49 bits per heavy atom. The summed E-state index contributed by atoms with van der Waals surface area (Å²) in [5.41, 5.74) is 4.15. The maximum atomic E-state index is 12.1. The van der Waals surface area contributed by atoms with E-state index in [0.717, 1.165) is 18.4 Å². The van der Waals surface area contributed by atoms with Crippen LogP contribution in [0.3, 0.4) is 0 Å². The van der Waals surface area contributed by atoms with Gasteiger partial charge >= 0.3 is 11.8 Å². The molecule has 0 unspecified atom stereocenters. The summed E-state index contributed by atoms with van der Waals surface area (Å²) in [6, 6.07) is 19.1. The molecule has 0 saturated heterocycles. The van der Waals surface area contributed by atoms with Crippen LogP contribution >= 0.6 is 23.2 Å². The van der Waals surface area contributed by atoms with E-state index in [0.29, 0.717) is 39.4 Å². The van der Waals surface area contributed by atoms with Gasteiger partial charge in [-0.3, -0.25) is 9.59 Å². The fraction of sp³-hybridized carbons (Fsp3) is 0.192. The number of rotatable bonds is 10. The maximum Gasteiger partial charge on any atom is 0.329 e. The maximum absolute atomic E-state index is 12.1. The minimum absolute atomic E-state index is 0.263. The van der Waals surface area contributed by atoms with Crippen molar-refractivity contribution in [1.82, 2.24) is 5.43 Å². The Morgan fingerprint density at radius 1 is 0.943 bits per heavy atom. The number of ether oxygens (including phenoxy) is 2. The normalized spacial score (nSPS) is 10.7. The third kappa shape index (κ3) is 8.63. The zero-order valence-electron chi connectivity index (χ0n) is 19.1. The van der Waals surface area contributed by atoms with E-state index in [1.54, 1.807) is 66.7 Å². The van der Waals surface area contributed by atoms with E-state index in [2.05, 4.69) is 22.8 Å². The van der Waals surface area contributed by atoms with Crippen molar-refractivity contribution in [3.05, 3.63) is 87.9 Å². The number of unbranched alkanes of at least 4 members (excludes halogenated alkanes) is 1. The van der Waals surface area contributed by atoms with E-state index >= 15 is 0 Å². The minimum Gasteiger partial charge on any atom is -0.494 e. The molecule has 2 N–H and O–H groups in total. The lowest BCUT2D eigenvalue weighted by molar-refractivity contribution is -0.136. The summed E-state index contributed by atoms with van der Waals surface area (Å²) < 4.78 is 11.3. The van der Waals surface area contributed by atoms with Crippen LogP contribution in [0.25, 0.3) is 0 Å². The van der Waals surface area contributed by atoms with Gasteiger partial charge in [0.05, 0.1) is 12.8 Å². The van der Waals surface area contributed by atoms with Crippen molar-refractivity contribution >= 4 is 46.9 Å². The van der Waals surface area contributed by atoms with Gasteiger partial charge in [-0.15, -0.1) is 0 Å². The van der Waals surface area contributed by atoms with E-state index in [1.165, 1.54) is 6.21 Å². The molecule has 0 radical (unpaired) electrons. The van der Waals surface area contributed by atoms with Gasteiger partial charge in [-0.1, -0.05) is 54.7 Å². The Morgan fingerprint density at radius 2 is 1.74 bits per heavy atom. The summed E-state index contributed by atoms with van der Waals surface area (Å²) in [7, 11) is 0. The molecule has 0 atom stereocenters. The molecule has 35 heavy (non-hydrogen) atoms. The number of hydrazone groups is 1. The predicted molar refractivity (Wildman–Crippen MR) is 138 cm³/mol. The predicted octanol–water partition coefficient (Wildman–Crippen LogP) is 5.84. The molecule has 0 spiro atoms. The number of carbonyl (C=O) groups excluding carboxylic acids is 2. The molecule has 3 aromatic carbocycles. The zero-order valence-corrected chi connectivity index (χ0v) is 20.6. The third-order valence-corrected chi connectivity index (χ3v) is 5.32. The Bertz CT molecular complexity index is 1180. The molecule has 0 aliphatic heterocycles. The SMILES string of the molecule is CCCCOc1ccc(NC(=O)C(=O)N/N=C\c2cccc(OCc3ccc(Cl)cc3Cl)c2)cc1. The number of nitrogens with zero attached hydrogens (tertiary/aromatic N) is 1. The Labute approximate surface area is 214 Å². The first-order valence-electron chi connectivity index (χ1n) is 11.0. The Hall–Kier alpha value is -3.55. The minimum atomic E-state index is -0.894. The molecule has 2 amide bonds. The summed E-state index contributed by atoms with van der Waals surface area (Å²) in [6.45, 7) is 2.98. The van der Waals surface area contributed by atoms with E-state index in [1.807, 2.05) is 0 Å². The van der Waals surface area contributed by atoms with Crippen LogP contribution in [-0.4, -0.2) is 24.6 Å². The number of anilines is 1. The van der Waals surface area contributed by atoms with Crippen LogP contribution in [0.5, 0.6) is 11.5 Å². The largest absolute Gasteiger partial charge is 0.494 e. The van der Waals surface area contributed by atoms with Crippen LogP contribution in [-0.2, 0) is 16.2 Å². The fourth-order valence-corrected chi connectivity index (χ4v) is 3.32. The van der Waals surface area contributed by atoms with Crippen molar-refractivity contribution in [3.8, 4) is 11.5 Å². The lowest BCUT2D eigenvalue weighted by Crippen LogP contribution is -2.32. The molecule has 0 fully saturated rings. The van der Waals surface area contributed by atoms with Crippen molar-refractivity contribution in [3.63, 3.8) is 0 Å². The van der Waals surface area contributed by atoms with Crippen LogP contribution in [0.4, 0.5) is 5.69 Å².